The molecule has 6 nitrogen and oxygen atoms in total. The van der Waals surface area contributed by atoms with Crippen LogP contribution in [0, 0.1) is 6.92 Å². The number of aromatic nitrogens is 2. The molecule has 0 spiro atoms. The Labute approximate surface area is 145 Å². The summed E-state index contributed by atoms with van der Waals surface area (Å²) >= 11 is 0. The molecule has 3 rings (SSSR count). The SMILES string of the molecule is Cc1ccc(OCC(=O)Nc2ccc(Nc3ccccc3)nn2)cc1. The summed E-state index contributed by atoms with van der Waals surface area (Å²) in [5.41, 5.74) is 2.05. The van der Waals surface area contributed by atoms with Crippen molar-refractivity contribution in [2.24, 2.45) is 0 Å². The number of nitrogens with one attached hydrogen (secondary N) is 2. The number of amides is 1. The van der Waals surface area contributed by atoms with Crippen LogP contribution in [0.5, 0.6) is 5.75 Å². The normalized spacial score (nSPS) is 10.1. The molecule has 3 aromatic rings. The molecular weight excluding hydrogens is 316 g/mol. The lowest BCUT2D eigenvalue weighted by Crippen LogP contribution is -2.21. The van der Waals surface area contributed by atoms with Crippen molar-refractivity contribution in [2.45, 2.75) is 6.92 Å². The highest BCUT2D eigenvalue weighted by Crippen LogP contribution is 2.14. The predicted molar refractivity (Wildman–Crippen MR) is 97.1 cm³/mol. The quantitative estimate of drug-likeness (QED) is 0.721. The van der Waals surface area contributed by atoms with Crippen LogP contribution < -0.4 is 15.4 Å². The summed E-state index contributed by atoms with van der Waals surface area (Å²) in [5, 5.41) is 13.8. The number of rotatable bonds is 6. The van der Waals surface area contributed by atoms with Gasteiger partial charge in [0.2, 0.25) is 0 Å². The number of nitrogens with zero attached hydrogens (tertiary/aromatic N) is 2. The average Bonchev–Trinajstić information content (AvgIpc) is 2.64. The van der Waals surface area contributed by atoms with Gasteiger partial charge in [-0.25, -0.2) is 0 Å². The summed E-state index contributed by atoms with van der Waals surface area (Å²) in [6, 6.07) is 20.6. The summed E-state index contributed by atoms with van der Waals surface area (Å²) in [4.78, 5) is 11.9. The zero-order valence-corrected chi connectivity index (χ0v) is 13.8. The third-order valence-corrected chi connectivity index (χ3v) is 3.37. The number of hydrogen-bond donors (Lipinski definition) is 2. The number of carbonyl (C=O) groups excluding carboxylic acids is 1. The lowest BCUT2D eigenvalue weighted by molar-refractivity contribution is -0.118. The number of ether oxygens (including phenoxy) is 1. The van der Waals surface area contributed by atoms with E-state index in [-0.39, 0.29) is 12.5 Å². The van der Waals surface area contributed by atoms with Gasteiger partial charge in [-0.15, -0.1) is 10.2 Å². The minimum absolute atomic E-state index is 0.0885. The summed E-state index contributed by atoms with van der Waals surface area (Å²) < 4.78 is 5.43. The molecule has 0 radical (unpaired) electrons. The molecule has 0 aliphatic heterocycles. The van der Waals surface area contributed by atoms with Crippen LogP contribution in [-0.4, -0.2) is 22.7 Å². The van der Waals surface area contributed by atoms with E-state index in [2.05, 4.69) is 20.8 Å². The Morgan fingerprint density at radius 3 is 2.28 bits per heavy atom. The van der Waals surface area contributed by atoms with Crippen LogP contribution in [0.1, 0.15) is 5.56 Å². The molecule has 0 atom stereocenters. The van der Waals surface area contributed by atoms with Crippen molar-refractivity contribution in [2.75, 3.05) is 17.2 Å². The topological polar surface area (TPSA) is 76.1 Å². The zero-order chi connectivity index (χ0) is 17.5. The van der Waals surface area contributed by atoms with Crippen molar-refractivity contribution >= 4 is 23.2 Å². The highest BCUT2D eigenvalue weighted by molar-refractivity contribution is 5.90. The van der Waals surface area contributed by atoms with Crippen LogP contribution in [0.25, 0.3) is 0 Å². The standard InChI is InChI=1S/C19H18N4O2/c1-14-7-9-16(10-8-14)25-13-19(24)21-18-12-11-17(22-23-18)20-15-5-3-2-4-6-15/h2-12H,13H2,1H3,(H,20,22)(H,21,23,24). The van der Waals surface area contributed by atoms with Gasteiger partial charge in [-0.05, 0) is 43.3 Å². The number of anilines is 3. The maximum absolute atomic E-state index is 11.9. The minimum atomic E-state index is -0.293. The van der Waals surface area contributed by atoms with Crippen molar-refractivity contribution in [3.8, 4) is 5.75 Å². The van der Waals surface area contributed by atoms with Crippen LogP contribution in [0.2, 0.25) is 0 Å². The van der Waals surface area contributed by atoms with Gasteiger partial charge in [-0.3, -0.25) is 4.79 Å². The highest BCUT2D eigenvalue weighted by atomic mass is 16.5. The monoisotopic (exact) mass is 334 g/mol. The summed E-state index contributed by atoms with van der Waals surface area (Å²) in [6.07, 6.45) is 0. The predicted octanol–water partition coefficient (Wildman–Crippen LogP) is 3.55. The third kappa shape index (κ3) is 5.04. The smallest absolute Gasteiger partial charge is 0.263 e. The Morgan fingerprint density at radius 2 is 1.60 bits per heavy atom. The number of hydrogen-bond acceptors (Lipinski definition) is 5. The first-order chi connectivity index (χ1) is 12.2. The second-order valence-electron chi connectivity index (χ2n) is 5.44. The van der Waals surface area contributed by atoms with Crippen molar-refractivity contribution in [3.63, 3.8) is 0 Å². The van der Waals surface area contributed by atoms with Crippen LogP contribution in [0.4, 0.5) is 17.3 Å². The van der Waals surface area contributed by atoms with Crippen LogP contribution in [0.15, 0.2) is 66.7 Å². The van der Waals surface area contributed by atoms with Gasteiger partial charge in [0.25, 0.3) is 5.91 Å². The van der Waals surface area contributed by atoms with Crippen molar-refractivity contribution < 1.29 is 9.53 Å². The van der Waals surface area contributed by atoms with E-state index in [0.717, 1.165) is 11.3 Å². The molecule has 0 fully saturated rings. The van der Waals surface area contributed by atoms with Crippen LogP contribution in [-0.2, 0) is 4.79 Å². The number of benzene rings is 2. The Morgan fingerprint density at radius 1 is 0.920 bits per heavy atom. The molecule has 0 unspecified atom stereocenters. The molecule has 0 saturated carbocycles. The third-order valence-electron chi connectivity index (χ3n) is 3.37. The van der Waals surface area contributed by atoms with Crippen LogP contribution in [0.3, 0.4) is 0 Å². The Balaban J connectivity index is 1.50. The van der Waals surface area contributed by atoms with E-state index in [1.165, 1.54) is 0 Å². The summed E-state index contributed by atoms with van der Waals surface area (Å²) in [7, 11) is 0. The van der Waals surface area contributed by atoms with Gasteiger partial charge < -0.3 is 15.4 Å². The first-order valence-electron chi connectivity index (χ1n) is 7.84. The van der Waals surface area contributed by atoms with Crippen LogP contribution >= 0.6 is 0 Å². The largest absolute Gasteiger partial charge is 0.484 e. The maximum atomic E-state index is 11.9. The molecule has 2 N–H and O–H groups in total. The van der Waals surface area contributed by atoms with Gasteiger partial charge in [-0.1, -0.05) is 35.9 Å². The molecule has 0 bridgehead atoms. The number of aryl methyl sites for hydroxylation is 1. The molecule has 0 aliphatic rings. The Hall–Kier alpha value is -3.41. The molecule has 2 aromatic carbocycles. The fourth-order valence-corrected chi connectivity index (χ4v) is 2.10. The first-order valence-corrected chi connectivity index (χ1v) is 7.84. The molecule has 126 valence electrons. The van der Waals surface area contributed by atoms with Gasteiger partial charge in [0.1, 0.15) is 5.75 Å². The van der Waals surface area contributed by atoms with Gasteiger partial charge in [0.15, 0.2) is 18.2 Å². The number of carbonyl (C=O) groups is 1. The van der Waals surface area contributed by atoms with E-state index < -0.39 is 0 Å². The summed E-state index contributed by atoms with van der Waals surface area (Å²) in [6.45, 7) is 1.90. The van der Waals surface area contributed by atoms with E-state index in [1.54, 1.807) is 12.1 Å². The van der Waals surface area contributed by atoms with E-state index in [9.17, 15) is 4.79 Å². The zero-order valence-electron chi connectivity index (χ0n) is 13.8. The fraction of sp³-hybridized carbons (Fsp3) is 0.105. The molecule has 0 saturated heterocycles. The van der Waals surface area contributed by atoms with E-state index >= 15 is 0 Å². The van der Waals surface area contributed by atoms with E-state index in [1.807, 2.05) is 61.5 Å². The van der Waals surface area contributed by atoms with Crippen molar-refractivity contribution in [3.05, 3.63) is 72.3 Å². The molecule has 0 aliphatic carbocycles. The Kier molecular flexibility index (Phi) is 5.21. The number of para-hydroxylation sites is 1. The molecule has 6 heteroatoms. The highest BCUT2D eigenvalue weighted by Gasteiger charge is 2.06. The van der Waals surface area contributed by atoms with Gasteiger partial charge in [0.05, 0.1) is 0 Å². The Bertz CT molecular complexity index is 818. The van der Waals surface area contributed by atoms with Crippen molar-refractivity contribution in [1.29, 1.82) is 0 Å². The molecule has 1 aromatic heterocycles. The van der Waals surface area contributed by atoms with E-state index in [0.29, 0.717) is 17.4 Å². The molecule has 1 heterocycles. The van der Waals surface area contributed by atoms with E-state index in [4.69, 9.17) is 4.74 Å². The maximum Gasteiger partial charge on any atom is 0.263 e. The first kappa shape index (κ1) is 16.4. The van der Waals surface area contributed by atoms with Gasteiger partial charge >= 0.3 is 0 Å². The molecule has 1 amide bonds. The molecule has 25 heavy (non-hydrogen) atoms. The molecular formula is C19H18N4O2. The van der Waals surface area contributed by atoms with Crippen molar-refractivity contribution in [1.82, 2.24) is 10.2 Å². The lowest BCUT2D eigenvalue weighted by atomic mass is 10.2. The minimum Gasteiger partial charge on any atom is -0.484 e. The second kappa shape index (κ2) is 7.92. The average molecular weight is 334 g/mol. The lowest BCUT2D eigenvalue weighted by Gasteiger charge is -2.08. The second-order valence-corrected chi connectivity index (χ2v) is 5.44. The van der Waals surface area contributed by atoms with Gasteiger partial charge in [-0.2, -0.15) is 0 Å². The fourth-order valence-electron chi connectivity index (χ4n) is 2.10. The van der Waals surface area contributed by atoms with Gasteiger partial charge in [0, 0.05) is 5.69 Å². The summed E-state index contributed by atoms with van der Waals surface area (Å²) in [5.74, 6) is 1.32.